The molecule has 0 aliphatic rings. The third kappa shape index (κ3) is 4.11. The van der Waals surface area contributed by atoms with Crippen molar-refractivity contribution in [2.75, 3.05) is 0 Å². The molecule has 4 aromatic rings. The van der Waals surface area contributed by atoms with E-state index in [1.807, 2.05) is 0 Å². The van der Waals surface area contributed by atoms with Crippen LogP contribution in [0.15, 0.2) is 104 Å². The maximum atomic E-state index is 3.56. The maximum Gasteiger partial charge on any atom is 0.119 e. The topological polar surface area (TPSA) is 38.7 Å². The fourth-order valence-corrected chi connectivity index (χ4v) is 2.43. The second-order valence-electron chi connectivity index (χ2n) is 5.07. The van der Waals surface area contributed by atoms with Crippen molar-refractivity contribution in [2.24, 2.45) is 0 Å². The maximum absolute atomic E-state index is 3.56. The molecule has 0 saturated heterocycles. The van der Waals surface area contributed by atoms with E-state index in [9.17, 15) is 0 Å². The Balaban J connectivity index is 0.000000238. The molecule has 0 bridgehead atoms. The van der Waals surface area contributed by atoms with Crippen molar-refractivity contribution >= 4 is 0 Å². The van der Waals surface area contributed by atoms with Crippen LogP contribution in [0, 0.1) is 0 Å². The fourth-order valence-electron chi connectivity index (χ4n) is 2.43. The minimum atomic E-state index is 1.26. The van der Waals surface area contributed by atoms with Gasteiger partial charge in [-0.1, -0.05) is 84.9 Å². The average Bonchev–Trinajstić information content (AvgIpc) is 2.71. The third-order valence-corrected chi connectivity index (χ3v) is 3.50. The standard InChI is InChI=1S/C18H14.C3H3N3/c1-3-9-15(10-4-1)17-13-7-8-14-18(17)16-11-5-2-6-12-16;1-4-2-6-3-5-1/h1-14H;1-3H. The van der Waals surface area contributed by atoms with Crippen LogP contribution in [-0.4, -0.2) is 15.0 Å². The highest BCUT2D eigenvalue weighted by molar-refractivity contribution is 5.83. The van der Waals surface area contributed by atoms with E-state index in [-0.39, 0.29) is 0 Å². The molecule has 0 atom stereocenters. The van der Waals surface area contributed by atoms with Gasteiger partial charge in [-0.3, -0.25) is 0 Å². The summed E-state index contributed by atoms with van der Waals surface area (Å²) in [5, 5.41) is 0. The second-order valence-corrected chi connectivity index (χ2v) is 5.07. The van der Waals surface area contributed by atoms with E-state index in [4.69, 9.17) is 0 Å². The Morgan fingerprint density at radius 1 is 0.375 bits per heavy atom. The van der Waals surface area contributed by atoms with Crippen LogP contribution in [0.1, 0.15) is 0 Å². The largest absolute Gasteiger partial charge is 0.225 e. The van der Waals surface area contributed by atoms with E-state index in [0.717, 1.165) is 0 Å². The number of benzene rings is 3. The number of aromatic nitrogens is 3. The van der Waals surface area contributed by atoms with Crippen LogP contribution in [0.25, 0.3) is 22.3 Å². The fraction of sp³-hybridized carbons (Fsp3) is 0. The molecule has 0 amide bonds. The van der Waals surface area contributed by atoms with Crippen molar-refractivity contribution in [2.45, 2.75) is 0 Å². The lowest BCUT2D eigenvalue weighted by Gasteiger charge is -2.09. The van der Waals surface area contributed by atoms with Crippen LogP contribution in [0.4, 0.5) is 0 Å². The third-order valence-electron chi connectivity index (χ3n) is 3.50. The van der Waals surface area contributed by atoms with Gasteiger partial charge in [0.1, 0.15) is 19.0 Å². The quantitative estimate of drug-likeness (QED) is 0.529. The molecule has 0 unspecified atom stereocenters. The van der Waals surface area contributed by atoms with Gasteiger partial charge in [-0.25, -0.2) is 15.0 Å². The normalized spacial score (nSPS) is 9.67. The van der Waals surface area contributed by atoms with Gasteiger partial charge in [-0.15, -0.1) is 0 Å². The molecule has 0 fully saturated rings. The molecule has 3 aromatic carbocycles. The van der Waals surface area contributed by atoms with E-state index in [1.165, 1.54) is 41.2 Å². The van der Waals surface area contributed by atoms with Gasteiger partial charge in [0.2, 0.25) is 0 Å². The van der Waals surface area contributed by atoms with Crippen LogP contribution in [0.2, 0.25) is 0 Å². The molecular weight excluding hydrogens is 294 g/mol. The van der Waals surface area contributed by atoms with Gasteiger partial charge >= 0.3 is 0 Å². The van der Waals surface area contributed by atoms with E-state index >= 15 is 0 Å². The smallest absolute Gasteiger partial charge is 0.119 e. The lowest BCUT2D eigenvalue weighted by molar-refractivity contribution is 1.05. The Bertz CT molecular complexity index is 762. The van der Waals surface area contributed by atoms with E-state index in [2.05, 4.69) is 99.9 Å². The second kappa shape index (κ2) is 8.34. The van der Waals surface area contributed by atoms with Crippen molar-refractivity contribution in [3.8, 4) is 22.3 Å². The summed E-state index contributed by atoms with van der Waals surface area (Å²) in [7, 11) is 0. The van der Waals surface area contributed by atoms with E-state index in [0.29, 0.717) is 0 Å². The van der Waals surface area contributed by atoms with E-state index in [1.54, 1.807) is 0 Å². The number of hydrogen-bond acceptors (Lipinski definition) is 3. The van der Waals surface area contributed by atoms with Gasteiger partial charge in [0.15, 0.2) is 0 Å². The van der Waals surface area contributed by atoms with Crippen LogP contribution in [-0.2, 0) is 0 Å². The Labute approximate surface area is 141 Å². The highest BCUT2D eigenvalue weighted by atomic mass is 14.9. The summed E-state index contributed by atoms with van der Waals surface area (Å²) >= 11 is 0. The molecule has 3 heteroatoms. The molecule has 24 heavy (non-hydrogen) atoms. The Kier molecular flexibility index (Phi) is 5.41. The molecule has 0 aliphatic heterocycles. The van der Waals surface area contributed by atoms with E-state index < -0.39 is 0 Å². The van der Waals surface area contributed by atoms with Crippen molar-refractivity contribution < 1.29 is 0 Å². The Hall–Kier alpha value is -3.33. The predicted molar refractivity (Wildman–Crippen MR) is 97.1 cm³/mol. The molecule has 4 rings (SSSR count). The first-order chi connectivity index (χ1) is 11.9. The van der Waals surface area contributed by atoms with Crippen LogP contribution in [0.5, 0.6) is 0 Å². The summed E-state index contributed by atoms with van der Waals surface area (Å²) in [6.45, 7) is 0. The van der Waals surface area contributed by atoms with Gasteiger partial charge in [0.05, 0.1) is 0 Å². The highest BCUT2D eigenvalue weighted by Crippen LogP contribution is 2.31. The Morgan fingerprint density at radius 3 is 1.04 bits per heavy atom. The summed E-state index contributed by atoms with van der Waals surface area (Å²) < 4.78 is 0. The first-order valence-corrected chi connectivity index (χ1v) is 7.70. The molecule has 0 saturated carbocycles. The predicted octanol–water partition coefficient (Wildman–Crippen LogP) is 4.89. The van der Waals surface area contributed by atoms with Crippen LogP contribution < -0.4 is 0 Å². The van der Waals surface area contributed by atoms with Crippen molar-refractivity contribution in [3.05, 3.63) is 104 Å². The molecule has 0 radical (unpaired) electrons. The van der Waals surface area contributed by atoms with Crippen LogP contribution in [0.3, 0.4) is 0 Å². The zero-order valence-electron chi connectivity index (χ0n) is 13.2. The summed E-state index contributed by atoms with van der Waals surface area (Å²) in [6, 6.07) is 29.6. The van der Waals surface area contributed by atoms with Gasteiger partial charge < -0.3 is 0 Å². The lowest BCUT2D eigenvalue weighted by atomic mass is 9.95. The molecule has 3 nitrogen and oxygen atoms in total. The lowest BCUT2D eigenvalue weighted by Crippen LogP contribution is -1.83. The number of rotatable bonds is 2. The zero-order chi connectivity index (χ0) is 16.5. The van der Waals surface area contributed by atoms with Gasteiger partial charge in [-0.2, -0.15) is 0 Å². The van der Waals surface area contributed by atoms with Crippen molar-refractivity contribution in [1.82, 2.24) is 15.0 Å². The van der Waals surface area contributed by atoms with Crippen molar-refractivity contribution in [1.29, 1.82) is 0 Å². The molecule has 1 aromatic heterocycles. The van der Waals surface area contributed by atoms with Crippen LogP contribution >= 0.6 is 0 Å². The summed E-state index contributed by atoms with van der Waals surface area (Å²) in [5.74, 6) is 0. The van der Waals surface area contributed by atoms with Gasteiger partial charge in [-0.05, 0) is 22.3 Å². The summed E-state index contributed by atoms with van der Waals surface area (Å²) in [4.78, 5) is 10.7. The number of nitrogens with zero attached hydrogens (tertiary/aromatic N) is 3. The summed E-state index contributed by atoms with van der Waals surface area (Å²) in [5.41, 5.74) is 5.09. The van der Waals surface area contributed by atoms with Gasteiger partial charge in [0, 0.05) is 0 Å². The molecule has 1 heterocycles. The summed E-state index contributed by atoms with van der Waals surface area (Å²) in [6.07, 6.45) is 4.31. The average molecular weight is 311 g/mol. The monoisotopic (exact) mass is 311 g/mol. The minimum Gasteiger partial charge on any atom is -0.225 e. The van der Waals surface area contributed by atoms with Gasteiger partial charge in [0.25, 0.3) is 0 Å². The molecule has 0 aliphatic carbocycles. The molecular formula is C21H17N3. The molecule has 0 N–H and O–H groups in total. The SMILES string of the molecule is c1ccc(-c2ccccc2-c2ccccc2)cc1.c1ncncn1. The number of hydrogen-bond donors (Lipinski definition) is 0. The molecule has 116 valence electrons. The zero-order valence-corrected chi connectivity index (χ0v) is 13.2. The molecule has 0 spiro atoms. The first kappa shape index (κ1) is 15.6. The first-order valence-electron chi connectivity index (χ1n) is 7.70. The van der Waals surface area contributed by atoms with Crippen molar-refractivity contribution in [3.63, 3.8) is 0 Å². The Morgan fingerprint density at radius 2 is 0.708 bits per heavy atom. The minimum absolute atomic E-state index is 1.26. The highest BCUT2D eigenvalue weighted by Gasteiger charge is 2.05.